The van der Waals surface area contributed by atoms with Gasteiger partial charge in [-0.3, -0.25) is 9.67 Å². The molecule has 1 N–H and O–H groups in total. The molecule has 3 nitrogen and oxygen atoms in total. The fourth-order valence-corrected chi connectivity index (χ4v) is 2.35. The molecule has 0 spiro atoms. The zero-order chi connectivity index (χ0) is 15.1. The summed E-state index contributed by atoms with van der Waals surface area (Å²) < 4.78 is 40.4. The van der Waals surface area contributed by atoms with E-state index < -0.39 is 11.7 Å². The van der Waals surface area contributed by atoms with Crippen LogP contribution in [0.2, 0.25) is 0 Å². The highest BCUT2D eigenvalue weighted by atomic mass is 32.1. The van der Waals surface area contributed by atoms with E-state index in [0.29, 0.717) is 16.2 Å². The molecular formula is C13H14F3N3S. The lowest BCUT2D eigenvalue weighted by Gasteiger charge is -2.22. The van der Waals surface area contributed by atoms with Crippen molar-refractivity contribution in [3.05, 3.63) is 34.6 Å². The number of rotatable bonds is 1. The molecule has 0 amide bonds. The molecule has 0 aliphatic carbocycles. The summed E-state index contributed by atoms with van der Waals surface area (Å²) in [4.78, 5) is 0. The van der Waals surface area contributed by atoms with Gasteiger partial charge in [-0.15, -0.1) is 0 Å². The van der Waals surface area contributed by atoms with E-state index in [9.17, 15) is 13.2 Å². The maximum Gasteiger partial charge on any atom is 0.416 e. The Labute approximate surface area is 119 Å². The highest BCUT2D eigenvalue weighted by Crippen LogP contribution is 2.32. The molecule has 0 saturated heterocycles. The van der Waals surface area contributed by atoms with E-state index in [1.54, 1.807) is 10.6 Å². The van der Waals surface area contributed by atoms with E-state index in [4.69, 9.17) is 12.2 Å². The minimum Gasteiger partial charge on any atom is -0.295 e. The van der Waals surface area contributed by atoms with Crippen LogP contribution in [-0.2, 0) is 11.7 Å². The zero-order valence-corrected chi connectivity index (χ0v) is 12.1. The molecule has 0 aliphatic rings. The molecule has 0 aliphatic heterocycles. The fourth-order valence-electron chi connectivity index (χ4n) is 1.95. The van der Waals surface area contributed by atoms with Gasteiger partial charge in [0.05, 0.1) is 5.56 Å². The average Bonchev–Trinajstić information content (AvgIpc) is 2.70. The van der Waals surface area contributed by atoms with Gasteiger partial charge in [0.1, 0.15) is 0 Å². The quantitative estimate of drug-likeness (QED) is 0.793. The molecule has 2 aromatic rings. The molecule has 20 heavy (non-hydrogen) atoms. The van der Waals surface area contributed by atoms with Crippen molar-refractivity contribution in [1.82, 2.24) is 14.8 Å². The first-order valence-electron chi connectivity index (χ1n) is 5.96. The molecule has 0 atom stereocenters. The van der Waals surface area contributed by atoms with Gasteiger partial charge < -0.3 is 0 Å². The van der Waals surface area contributed by atoms with Crippen LogP contribution in [0.15, 0.2) is 24.3 Å². The first kappa shape index (κ1) is 14.8. The Morgan fingerprint density at radius 2 is 1.85 bits per heavy atom. The van der Waals surface area contributed by atoms with Gasteiger partial charge in [0.15, 0.2) is 10.6 Å². The van der Waals surface area contributed by atoms with Gasteiger partial charge in [-0.2, -0.15) is 18.3 Å². The molecule has 1 aromatic heterocycles. The molecule has 2 rings (SSSR count). The van der Waals surface area contributed by atoms with Crippen LogP contribution in [0.25, 0.3) is 11.4 Å². The normalized spacial score (nSPS) is 12.7. The van der Waals surface area contributed by atoms with Gasteiger partial charge in [0, 0.05) is 11.1 Å². The second-order valence-electron chi connectivity index (χ2n) is 5.44. The summed E-state index contributed by atoms with van der Waals surface area (Å²) in [5.41, 5.74) is -0.709. The van der Waals surface area contributed by atoms with Crippen LogP contribution in [0.3, 0.4) is 0 Å². The Morgan fingerprint density at radius 3 is 2.40 bits per heavy atom. The van der Waals surface area contributed by atoms with Crippen molar-refractivity contribution in [2.45, 2.75) is 32.5 Å². The minimum atomic E-state index is -4.38. The Morgan fingerprint density at radius 1 is 1.20 bits per heavy atom. The first-order chi connectivity index (χ1) is 9.10. The van der Waals surface area contributed by atoms with Gasteiger partial charge >= 0.3 is 6.18 Å². The minimum absolute atomic E-state index is 0.377. The van der Waals surface area contributed by atoms with Crippen molar-refractivity contribution in [3.63, 3.8) is 0 Å². The van der Waals surface area contributed by atoms with Crippen LogP contribution >= 0.6 is 12.2 Å². The largest absolute Gasteiger partial charge is 0.416 e. The second kappa shape index (κ2) is 4.73. The van der Waals surface area contributed by atoms with Crippen molar-refractivity contribution in [1.29, 1.82) is 0 Å². The number of nitrogens with one attached hydrogen (secondary N) is 1. The van der Waals surface area contributed by atoms with E-state index in [1.165, 1.54) is 6.07 Å². The smallest absolute Gasteiger partial charge is 0.295 e. The summed E-state index contributed by atoms with van der Waals surface area (Å²) in [6, 6.07) is 5.06. The molecule has 0 bridgehead atoms. The SMILES string of the molecule is CC(C)(C)n1c(-c2cccc(C(F)(F)F)c2)n[nH]c1=S. The van der Waals surface area contributed by atoms with Crippen molar-refractivity contribution < 1.29 is 13.2 Å². The Hall–Kier alpha value is -1.63. The number of benzene rings is 1. The summed E-state index contributed by atoms with van der Waals surface area (Å²) in [6.45, 7) is 5.74. The predicted molar refractivity (Wildman–Crippen MR) is 72.8 cm³/mol. The molecule has 0 unspecified atom stereocenters. The predicted octanol–water partition coefficient (Wildman–Crippen LogP) is 4.38. The maximum atomic E-state index is 12.8. The molecule has 0 fully saturated rings. The van der Waals surface area contributed by atoms with Crippen molar-refractivity contribution in [2.75, 3.05) is 0 Å². The van der Waals surface area contributed by atoms with E-state index in [1.807, 2.05) is 20.8 Å². The zero-order valence-electron chi connectivity index (χ0n) is 11.2. The standard InChI is InChI=1S/C13H14F3N3S/c1-12(2,3)19-10(17-18-11(19)20)8-5-4-6-9(7-8)13(14,15)16/h4-7H,1-3H3,(H,18,20). The van der Waals surface area contributed by atoms with Crippen molar-refractivity contribution in [3.8, 4) is 11.4 Å². The number of nitrogens with zero attached hydrogens (tertiary/aromatic N) is 2. The number of hydrogen-bond acceptors (Lipinski definition) is 2. The molecule has 7 heteroatoms. The third-order valence-electron chi connectivity index (χ3n) is 2.79. The van der Waals surface area contributed by atoms with E-state index >= 15 is 0 Å². The Kier molecular flexibility index (Phi) is 3.49. The second-order valence-corrected chi connectivity index (χ2v) is 5.82. The fraction of sp³-hybridized carbons (Fsp3) is 0.385. The maximum absolute atomic E-state index is 12.8. The van der Waals surface area contributed by atoms with E-state index in [2.05, 4.69) is 10.2 Å². The monoisotopic (exact) mass is 301 g/mol. The molecule has 0 saturated carbocycles. The molecule has 1 aromatic carbocycles. The summed E-state index contributed by atoms with van der Waals surface area (Å²) in [5, 5.41) is 6.69. The summed E-state index contributed by atoms with van der Waals surface area (Å²) in [5.74, 6) is 0.397. The molecular weight excluding hydrogens is 287 g/mol. The number of alkyl halides is 3. The van der Waals surface area contributed by atoms with E-state index in [-0.39, 0.29) is 5.54 Å². The molecule has 0 radical (unpaired) electrons. The van der Waals surface area contributed by atoms with Gasteiger partial charge in [-0.25, -0.2) is 0 Å². The van der Waals surface area contributed by atoms with Crippen LogP contribution in [-0.4, -0.2) is 14.8 Å². The van der Waals surface area contributed by atoms with E-state index in [0.717, 1.165) is 12.1 Å². The van der Waals surface area contributed by atoms with Gasteiger partial charge in [0.25, 0.3) is 0 Å². The van der Waals surface area contributed by atoms with Crippen molar-refractivity contribution >= 4 is 12.2 Å². The van der Waals surface area contributed by atoms with Crippen LogP contribution in [0.1, 0.15) is 26.3 Å². The van der Waals surface area contributed by atoms with Gasteiger partial charge in [0.2, 0.25) is 0 Å². The van der Waals surface area contributed by atoms with Gasteiger partial charge in [-0.1, -0.05) is 12.1 Å². The lowest BCUT2D eigenvalue weighted by atomic mass is 10.1. The highest BCUT2D eigenvalue weighted by Gasteiger charge is 2.31. The number of halogens is 3. The van der Waals surface area contributed by atoms with Crippen LogP contribution in [0, 0.1) is 4.77 Å². The average molecular weight is 301 g/mol. The Balaban J connectivity index is 2.62. The summed E-state index contributed by atoms with van der Waals surface area (Å²) >= 11 is 5.15. The summed E-state index contributed by atoms with van der Waals surface area (Å²) in [7, 11) is 0. The van der Waals surface area contributed by atoms with Crippen LogP contribution in [0.5, 0.6) is 0 Å². The summed E-state index contributed by atoms with van der Waals surface area (Å²) in [6.07, 6.45) is -4.38. The number of aromatic amines is 1. The number of H-pyrrole nitrogens is 1. The Bertz CT molecular complexity index is 677. The topological polar surface area (TPSA) is 33.6 Å². The molecule has 1 heterocycles. The number of hydrogen-bond donors (Lipinski definition) is 1. The van der Waals surface area contributed by atoms with Crippen molar-refractivity contribution in [2.24, 2.45) is 0 Å². The van der Waals surface area contributed by atoms with Crippen LogP contribution in [0.4, 0.5) is 13.2 Å². The van der Waals surface area contributed by atoms with Crippen LogP contribution < -0.4 is 0 Å². The van der Waals surface area contributed by atoms with Gasteiger partial charge in [-0.05, 0) is 45.1 Å². The number of aromatic nitrogens is 3. The first-order valence-corrected chi connectivity index (χ1v) is 6.37. The third-order valence-corrected chi connectivity index (χ3v) is 3.07. The highest BCUT2D eigenvalue weighted by molar-refractivity contribution is 7.71. The lowest BCUT2D eigenvalue weighted by Crippen LogP contribution is -2.23. The third kappa shape index (κ3) is 2.77. The molecule has 108 valence electrons. The lowest BCUT2D eigenvalue weighted by molar-refractivity contribution is -0.137.